The lowest BCUT2D eigenvalue weighted by molar-refractivity contribution is -0.0315. The van der Waals surface area contributed by atoms with Crippen molar-refractivity contribution in [3.8, 4) is 0 Å². The molecule has 1 heterocycles. The Hall–Kier alpha value is -0.900. The van der Waals surface area contributed by atoms with Crippen LogP contribution in [0.25, 0.3) is 0 Å². The molecule has 3 heteroatoms. The zero-order chi connectivity index (χ0) is 14.5. The molecule has 0 saturated carbocycles. The Bertz CT molecular complexity index is 391. The van der Waals surface area contributed by atoms with Crippen LogP contribution in [-0.4, -0.2) is 49.8 Å². The van der Waals surface area contributed by atoms with Gasteiger partial charge in [-0.2, -0.15) is 0 Å². The summed E-state index contributed by atoms with van der Waals surface area (Å²) in [5.74, 6) is 0.531. The first-order valence-electron chi connectivity index (χ1n) is 7.67. The second kappa shape index (κ2) is 7.21. The standard InChI is InChI=1S/C17H28N2O/c1-14(2)17-19(12-8-11-18(3)4)13-16(20-17)15-9-6-5-7-10-15/h5-7,9-10,14,16-17H,8,11-13H2,1-4H3/t16-,17-/m0/s1. The van der Waals surface area contributed by atoms with Gasteiger partial charge in [-0.25, -0.2) is 0 Å². The minimum absolute atomic E-state index is 0.225. The lowest BCUT2D eigenvalue weighted by Crippen LogP contribution is -2.36. The van der Waals surface area contributed by atoms with Gasteiger partial charge in [-0.05, 0) is 38.5 Å². The van der Waals surface area contributed by atoms with Crippen LogP contribution in [0.3, 0.4) is 0 Å². The topological polar surface area (TPSA) is 15.7 Å². The van der Waals surface area contributed by atoms with E-state index in [1.54, 1.807) is 0 Å². The van der Waals surface area contributed by atoms with Crippen LogP contribution >= 0.6 is 0 Å². The molecule has 0 aliphatic carbocycles. The maximum atomic E-state index is 6.29. The molecule has 0 radical (unpaired) electrons. The Labute approximate surface area is 123 Å². The Morgan fingerprint density at radius 2 is 1.95 bits per heavy atom. The SMILES string of the molecule is CC(C)[C@@H]1O[C@H](c2ccccc2)CN1CCCN(C)C. The third-order valence-corrected chi connectivity index (χ3v) is 3.86. The van der Waals surface area contributed by atoms with Crippen LogP contribution in [0.1, 0.15) is 31.9 Å². The van der Waals surface area contributed by atoms with Gasteiger partial charge in [0.2, 0.25) is 0 Å². The van der Waals surface area contributed by atoms with Gasteiger partial charge in [0, 0.05) is 13.1 Å². The third-order valence-electron chi connectivity index (χ3n) is 3.86. The Balaban J connectivity index is 1.96. The number of benzene rings is 1. The molecule has 0 bridgehead atoms. The molecule has 0 amide bonds. The molecule has 1 aliphatic rings. The molecule has 1 saturated heterocycles. The van der Waals surface area contributed by atoms with Gasteiger partial charge in [0.1, 0.15) is 6.23 Å². The summed E-state index contributed by atoms with van der Waals surface area (Å²) < 4.78 is 6.29. The smallest absolute Gasteiger partial charge is 0.113 e. The van der Waals surface area contributed by atoms with Gasteiger partial charge < -0.3 is 9.64 Å². The molecule has 1 aromatic rings. The van der Waals surface area contributed by atoms with E-state index in [9.17, 15) is 0 Å². The van der Waals surface area contributed by atoms with Crippen molar-refractivity contribution < 1.29 is 4.74 Å². The van der Waals surface area contributed by atoms with Crippen LogP contribution < -0.4 is 0 Å². The van der Waals surface area contributed by atoms with Crippen LogP contribution in [0.5, 0.6) is 0 Å². The van der Waals surface area contributed by atoms with Crippen molar-refractivity contribution in [2.45, 2.75) is 32.6 Å². The van der Waals surface area contributed by atoms with Gasteiger partial charge in [0.25, 0.3) is 0 Å². The molecule has 0 N–H and O–H groups in total. The Morgan fingerprint density at radius 3 is 2.55 bits per heavy atom. The van der Waals surface area contributed by atoms with Crippen molar-refractivity contribution in [3.05, 3.63) is 35.9 Å². The van der Waals surface area contributed by atoms with E-state index in [1.165, 1.54) is 12.0 Å². The van der Waals surface area contributed by atoms with Gasteiger partial charge >= 0.3 is 0 Å². The first-order chi connectivity index (χ1) is 9.58. The van der Waals surface area contributed by atoms with Crippen molar-refractivity contribution in [3.63, 3.8) is 0 Å². The summed E-state index contributed by atoms with van der Waals surface area (Å²) in [6, 6.07) is 10.6. The predicted molar refractivity (Wildman–Crippen MR) is 83.6 cm³/mol. The average Bonchev–Trinajstić information content (AvgIpc) is 2.84. The second-order valence-corrected chi connectivity index (χ2v) is 6.32. The molecule has 0 aromatic heterocycles. The number of nitrogens with zero attached hydrogens (tertiary/aromatic N) is 2. The van der Waals surface area contributed by atoms with Crippen molar-refractivity contribution in [2.75, 3.05) is 33.7 Å². The molecular weight excluding hydrogens is 248 g/mol. The van der Waals surface area contributed by atoms with Crippen molar-refractivity contribution in [1.29, 1.82) is 0 Å². The quantitative estimate of drug-likeness (QED) is 0.794. The fourth-order valence-electron chi connectivity index (χ4n) is 2.85. The number of rotatable bonds is 6. The van der Waals surface area contributed by atoms with Crippen molar-refractivity contribution in [1.82, 2.24) is 9.80 Å². The molecule has 112 valence electrons. The summed E-state index contributed by atoms with van der Waals surface area (Å²) >= 11 is 0. The largest absolute Gasteiger partial charge is 0.354 e. The molecular formula is C17H28N2O. The van der Waals surface area contributed by atoms with E-state index in [-0.39, 0.29) is 12.3 Å². The van der Waals surface area contributed by atoms with E-state index in [4.69, 9.17) is 4.74 Å². The summed E-state index contributed by atoms with van der Waals surface area (Å²) in [5.41, 5.74) is 1.30. The Morgan fingerprint density at radius 1 is 1.25 bits per heavy atom. The monoisotopic (exact) mass is 276 g/mol. The number of ether oxygens (including phenoxy) is 1. The van der Waals surface area contributed by atoms with Crippen LogP contribution in [0, 0.1) is 5.92 Å². The number of hydrogen-bond acceptors (Lipinski definition) is 3. The van der Waals surface area contributed by atoms with Crippen LogP contribution in [0.15, 0.2) is 30.3 Å². The molecule has 2 atom stereocenters. The lowest BCUT2D eigenvalue weighted by Gasteiger charge is -2.26. The second-order valence-electron chi connectivity index (χ2n) is 6.32. The summed E-state index contributed by atoms with van der Waals surface area (Å²) in [6.45, 7) is 7.76. The first-order valence-corrected chi connectivity index (χ1v) is 7.67. The van der Waals surface area contributed by atoms with Gasteiger partial charge in [0.15, 0.2) is 0 Å². The third kappa shape index (κ3) is 4.05. The van der Waals surface area contributed by atoms with Gasteiger partial charge in [-0.15, -0.1) is 0 Å². The summed E-state index contributed by atoms with van der Waals surface area (Å²) in [5, 5.41) is 0. The molecule has 3 nitrogen and oxygen atoms in total. The zero-order valence-corrected chi connectivity index (χ0v) is 13.2. The fraction of sp³-hybridized carbons (Fsp3) is 0.647. The van der Waals surface area contributed by atoms with Crippen molar-refractivity contribution >= 4 is 0 Å². The lowest BCUT2D eigenvalue weighted by atomic mass is 10.1. The first kappa shape index (κ1) is 15.5. The molecule has 1 fully saturated rings. The van der Waals surface area contributed by atoms with E-state index >= 15 is 0 Å². The zero-order valence-electron chi connectivity index (χ0n) is 13.2. The number of hydrogen-bond donors (Lipinski definition) is 0. The Kier molecular flexibility index (Phi) is 5.58. The van der Waals surface area contributed by atoms with Crippen LogP contribution in [-0.2, 0) is 4.74 Å². The van der Waals surface area contributed by atoms with E-state index < -0.39 is 0 Å². The minimum atomic E-state index is 0.225. The predicted octanol–water partition coefficient (Wildman–Crippen LogP) is 2.99. The van der Waals surface area contributed by atoms with E-state index in [2.05, 4.69) is 68.1 Å². The molecule has 20 heavy (non-hydrogen) atoms. The molecule has 0 unspecified atom stereocenters. The van der Waals surface area contributed by atoms with E-state index in [1.807, 2.05) is 0 Å². The normalized spacial score (nSPS) is 23.9. The highest BCUT2D eigenvalue weighted by molar-refractivity contribution is 5.18. The highest BCUT2D eigenvalue weighted by Crippen LogP contribution is 2.32. The van der Waals surface area contributed by atoms with E-state index in [0.717, 1.165) is 19.6 Å². The van der Waals surface area contributed by atoms with Gasteiger partial charge in [-0.3, -0.25) is 4.90 Å². The molecule has 2 rings (SSSR count). The maximum Gasteiger partial charge on any atom is 0.113 e. The van der Waals surface area contributed by atoms with E-state index in [0.29, 0.717) is 5.92 Å². The summed E-state index contributed by atoms with van der Waals surface area (Å²) in [7, 11) is 4.26. The highest BCUT2D eigenvalue weighted by atomic mass is 16.5. The van der Waals surface area contributed by atoms with Crippen LogP contribution in [0.2, 0.25) is 0 Å². The van der Waals surface area contributed by atoms with Gasteiger partial charge in [-0.1, -0.05) is 44.2 Å². The van der Waals surface area contributed by atoms with Gasteiger partial charge in [0.05, 0.1) is 6.10 Å². The molecule has 1 aromatic carbocycles. The highest BCUT2D eigenvalue weighted by Gasteiger charge is 2.34. The summed E-state index contributed by atoms with van der Waals surface area (Å²) in [4.78, 5) is 4.75. The molecule has 1 aliphatic heterocycles. The average molecular weight is 276 g/mol. The minimum Gasteiger partial charge on any atom is -0.354 e. The molecule has 0 spiro atoms. The van der Waals surface area contributed by atoms with Crippen LogP contribution in [0.4, 0.5) is 0 Å². The summed E-state index contributed by atoms with van der Waals surface area (Å²) in [6.07, 6.45) is 1.67. The fourth-order valence-corrected chi connectivity index (χ4v) is 2.85. The van der Waals surface area contributed by atoms with Crippen molar-refractivity contribution in [2.24, 2.45) is 5.92 Å². The maximum absolute atomic E-state index is 6.29.